The maximum absolute atomic E-state index is 11.6. The first-order valence-corrected chi connectivity index (χ1v) is 5.87. The Bertz CT molecular complexity index is 495. The maximum atomic E-state index is 11.6. The van der Waals surface area contributed by atoms with Crippen molar-refractivity contribution >= 4 is 29.5 Å². The van der Waals surface area contributed by atoms with Gasteiger partial charge in [0.15, 0.2) is 0 Å². The van der Waals surface area contributed by atoms with Crippen LogP contribution in [-0.4, -0.2) is 19.3 Å². The van der Waals surface area contributed by atoms with Crippen LogP contribution in [0.15, 0.2) is 35.0 Å². The molecule has 0 heterocycles. The molecule has 0 aromatic heterocycles. The number of amides is 2. The van der Waals surface area contributed by atoms with Gasteiger partial charge in [0.05, 0.1) is 0 Å². The molecule has 1 rings (SSSR count). The molecule has 96 valence electrons. The number of carbonyl (C=O) groups is 1. The third-order valence-corrected chi connectivity index (χ3v) is 2.61. The van der Waals surface area contributed by atoms with Gasteiger partial charge in [-0.3, -0.25) is 4.99 Å². The molecule has 0 aliphatic carbocycles. The van der Waals surface area contributed by atoms with E-state index in [0.717, 1.165) is 11.3 Å². The van der Waals surface area contributed by atoms with Crippen LogP contribution in [0.1, 0.15) is 19.4 Å². The van der Waals surface area contributed by atoms with Crippen LogP contribution in [0.2, 0.25) is 5.02 Å². The molecular weight excluding hydrogens is 250 g/mol. The van der Waals surface area contributed by atoms with Gasteiger partial charge < -0.3 is 10.6 Å². The molecule has 0 spiro atoms. The number of nitrogens with zero attached hydrogens (tertiary/aromatic N) is 1. The molecule has 0 aliphatic rings. The van der Waals surface area contributed by atoms with E-state index in [1.54, 1.807) is 31.5 Å². The second kappa shape index (κ2) is 6.81. The molecule has 0 fully saturated rings. The summed E-state index contributed by atoms with van der Waals surface area (Å²) in [6.45, 7) is 3.67. The minimum atomic E-state index is -0.285. The zero-order valence-corrected chi connectivity index (χ0v) is 11.4. The highest BCUT2D eigenvalue weighted by Crippen LogP contribution is 2.19. The van der Waals surface area contributed by atoms with Gasteiger partial charge in [0.2, 0.25) is 0 Å². The Hall–Kier alpha value is -1.81. The van der Waals surface area contributed by atoms with Crippen molar-refractivity contribution in [2.45, 2.75) is 13.8 Å². The standard InChI is InChI=1S/C13H16ClN3O/c1-4-9(2)16-13(18)17-11-5-6-12(14)10(7-11)8-15-3/h4-8H,1-3H3,(H2,16,17,18)/b9-4-,15-8?. The average Bonchev–Trinajstić information content (AvgIpc) is 2.33. The SMILES string of the molecule is C/C=C(/C)NC(=O)Nc1ccc(Cl)c(C=NC)c1. The van der Waals surface area contributed by atoms with Crippen molar-refractivity contribution in [3.8, 4) is 0 Å². The Morgan fingerprint density at radius 1 is 1.44 bits per heavy atom. The van der Waals surface area contributed by atoms with Gasteiger partial charge in [-0.15, -0.1) is 0 Å². The fraction of sp³-hybridized carbons (Fsp3) is 0.231. The summed E-state index contributed by atoms with van der Waals surface area (Å²) in [6.07, 6.45) is 3.46. The van der Waals surface area contributed by atoms with E-state index in [-0.39, 0.29) is 6.03 Å². The summed E-state index contributed by atoms with van der Waals surface area (Å²) in [5.41, 5.74) is 2.22. The van der Waals surface area contributed by atoms with Gasteiger partial charge in [0.1, 0.15) is 0 Å². The van der Waals surface area contributed by atoms with Crippen LogP contribution in [0.3, 0.4) is 0 Å². The molecule has 0 saturated carbocycles. The number of hydrogen-bond acceptors (Lipinski definition) is 2. The highest BCUT2D eigenvalue weighted by atomic mass is 35.5. The van der Waals surface area contributed by atoms with Crippen molar-refractivity contribution in [3.63, 3.8) is 0 Å². The van der Waals surface area contributed by atoms with Gasteiger partial charge in [-0.2, -0.15) is 0 Å². The number of rotatable bonds is 3. The van der Waals surface area contributed by atoms with Crippen LogP contribution in [0.4, 0.5) is 10.5 Å². The second-order valence-electron chi connectivity index (χ2n) is 3.67. The Morgan fingerprint density at radius 2 is 2.17 bits per heavy atom. The monoisotopic (exact) mass is 265 g/mol. The lowest BCUT2D eigenvalue weighted by Gasteiger charge is -2.08. The van der Waals surface area contributed by atoms with Crippen LogP contribution in [0, 0.1) is 0 Å². The third kappa shape index (κ3) is 4.22. The summed E-state index contributed by atoms with van der Waals surface area (Å²) < 4.78 is 0. The maximum Gasteiger partial charge on any atom is 0.323 e. The second-order valence-corrected chi connectivity index (χ2v) is 4.08. The molecule has 0 atom stereocenters. The summed E-state index contributed by atoms with van der Waals surface area (Å²) in [6, 6.07) is 4.93. The molecule has 0 unspecified atom stereocenters. The molecule has 0 aliphatic heterocycles. The predicted molar refractivity (Wildman–Crippen MR) is 76.6 cm³/mol. The van der Waals surface area contributed by atoms with E-state index in [1.807, 2.05) is 19.9 Å². The van der Waals surface area contributed by atoms with E-state index in [0.29, 0.717) is 10.7 Å². The van der Waals surface area contributed by atoms with Gasteiger partial charge in [0.25, 0.3) is 0 Å². The van der Waals surface area contributed by atoms with E-state index >= 15 is 0 Å². The molecule has 0 saturated heterocycles. The Balaban J connectivity index is 2.79. The number of carbonyl (C=O) groups excluding carboxylic acids is 1. The fourth-order valence-corrected chi connectivity index (χ4v) is 1.44. The Kier molecular flexibility index (Phi) is 5.39. The Labute approximate surface area is 112 Å². The quantitative estimate of drug-likeness (QED) is 0.809. The minimum absolute atomic E-state index is 0.285. The van der Waals surface area contributed by atoms with Gasteiger partial charge >= 0.3 is 6.03 Å². The lowest BCUT2D eigenvalue weighted by Crippen LogP contribution is -2.27. The van der Waals surface area contributed by atoms with Crippen molar-refractivity contribution in [3.05, 3.63) is 40.6 Å². The van der Waals surface area contributed by atoms with Gasteiger partial charge in [-0.05, 0) is 32.0 Å². The van der Waals surface area contributed by atoms with Crippen LogP contribution < -0.4 is 10.6 Å². The van der Waals surface area contributed by atoms with E-state index < -0.39 is 0 Å². The van der Waals surface area contributed by atoms with E-state index in [2.05, 4.69) is 15.6 Å². The number of allylic oxidation sites excluding steroid dienone is 2. The number of anilines is 1. The zero-order chi connectivity index (χ0) is 13.5. The van der Waals surface area contributed by atoms with Gasteiger partial charge in [-0.1, -0.05) is 17.7 Å². The van der Waals surface area contributed by atoms with Gasteiger partial charge in [-0.25, -0.2) is 4.79 Å². The first-order valence-electron chi connectivity index (χ1n) is 5.49. The predicted octanol–water partition coefficient (Wildman–Crippen LogP) is 3.43. The molecule has 18 heavy (non-hydrogen) atoms. The zero-order valence-electron chi connectivity index (χ0n) is 10.6. The number of halogens is 1. The van der Waals surface area contributed by atoms with Crippen LogP contribution in [0.25, 0.3) is 0 Å². The summed E-state index contributed by atoms with van der Waals surface area (Å²) in [5.74, 6) is 0. The molecule has 0 radical (unpaired) electrons. The van der Waals surface area contributed by atoms with Gasteiger partial charge in [0, 0.05) is 35.2 Å². The molecule has 1 aromatic carbocycles. The van der Waals surface area contributed by atoms with Crippen molar-refractivity contribution in [1.29, 1.82) is 0 Å². The number of nitrogens with one attached hydrogen (secondary N) is 2. The van der Waals surface area contributed by atoms with Crippen molar-refractivity contribution < 1.29 is 4.79 Å². The molecule has 4 nitrogen and oxygen atoms in total. The molecule has 2 amide bonds. The lowest BCUT2D eigenvalue weighted by molar-refractivity contribution is 0.254. The average molecular weight is 266 g/mol. The normalized spacial score (nSPS) is 11.7. The van der Waals surface area contributed by atoms with Crippen molar-refractivity contribution in [2.75, 3.05) is 12.4 Å². The topological polar surface area (TPSA) is 53.5 Å². The smallest absolute Gasteiger partial charge is 0.312 e. The summed E-state index contributed by atoms with van der Waals surface area (Å²) in [4.78, 5) is 15.5. The van der Waals surface area contributed by atoms with Crippen LogP contribution >= 0.6 is 11.6 Å². The van der Waals surface area contributed by atoms with E-state index in [9.17, 15) is 4.79 Å². The highest BCUT2D eigenvalue weighted by molar-refractivity contribution is 6.33. The van der Waals surface area contributed by atoms with Crippen molar-refractivity contribution in [2.24, 2.45) is 4.99 Å². The first kappa shape index (κ1) is 14.3. The highest BCUT2D eigenvalue weighted by Gasteiger charge is 2.04. The third-order valence-electron chi connectivity index (χ3n) is 2.27. The summed E-state index contributed by atoms with van der Waals surface area (Å²) >= 11 is 5.99. The number of urea groups is 1. The van der Waals surface area contributed by atoms with Crippen molar-refractivity contribution in [1.82, 2.24) is 5.32 Å². The molecule has 2 N–H and O–H groups in total. The summed E-state index contributed by atoms with van der Waals surface area (Å²) in [5, 5.41) is 6.00. The minimum Gasteiger partial charge on any atom is -0.312 e. The van der Waals surface area contributed by atoms with Crippen LogP contribution in [0.5, 0.6) is 0 Å². The molecule has 5 heteroatoms. The lowest BCUT2D eigenvalue weighted by atomic mass is 10.2. The van der Waals surface area contributed by atoms with E-state index in [1.165, 1.54) is 0 Å². The summed E-state index contributed by atoms with van der Waals surface area (Å²) in [7, 11) is 1.67. The first-order chi connectivity index (χ1) is 8.56. The molecule has 0 bridgehead atoms. The molecular formula is C13H16ClN3O. The van der Waals surface area contributed by atoms with Crippen LogP contribution in [-0.2, 0) is 0 Å². The molecule has 1 aromatic rings. The Morgan fingerprint density at radius 3 is 2.78 bits per heavy atom. The van der Waals surface area contributed by atoms with E-state index in [4.69, 9.17) is 11.6 Å². The largest absolute Gasteiger partial charge is 0.323 e. The number of benzene rings is 1. The number of hydrogen-bond donors (Lipinski definition) is 2. The fourth-order valence-electron chi connectivity index (χ4n) is 1.27. The number of aliphatic imine (C=N–C) groups is 1.